The summed E-state index contributed by atoms with van der Waals surface area (Å²) in [5, 5.41) is 8.90. The Kier molecular flexibility index (Phi) is 5.81. The van der Waals surface area contributed by atoms with Crippen LogP contribution in [0.5, 0.6) is 0 Å². The highest BCUT2D eigenvalue weighted by Crippen LogP contribution is 2.44. The Morgan fingerprint density at radius 2 is 1.78 bits per heavy atom. The van der Waals surface area contributed by atoms with Crippen LogP contribution in [-0.4, -0.2) is 26.0 Å². The molecule has 5 nitrogen and oxygen atoms in total. The summed E-state index contributed by atoms with van der Waals surface area (Å²) in [6.07, 6.45) is 5.68. The number of carboxylic acids is 1. The van der Waals surface area contributed by atoms with Crippen LogP contribution in [0.1, 0.15) is 50.5 Å². The number of nitrogens with one attached hydrogen (secondary N) is 1. The molecule has 6 heteroatoms. The molecular formula is C17H25NO4S. The third-order valence-corrected chi connectivity index (χ3v) is 6.29. The van der Waals surface area contributed by atoms with Crippen LogP contribution in [-0.2, 0) is 14.8 Å². The maximum Gasteiger partial charge on any atom is 0.303 e. The Morgan fingerprint density at radius 1 is 1.17 bits per heavy atom. The van der Waals surface area contributed by atoms with Gasteiger partial charge in [0.25, 0.3) is 0 Å². The lowest BCUT2D eigenvalue weighted by atomic mass is 9.78. The maximum atomic E-state index is 12.3. The fraction of sp³-hybridized carbons (Fsp3) is 0.588. The van der Waals surface area contributed by atoms with Crippen molar-refractivity contribution in [3.63, 3.8) is 0 Å². The highest BCUT2D eigenvalue weighted by atomic mass is 32.2. The van der Waals surface area contributed by atoms with Crippen LogP contribution in [0.4, 0.5) is 0 Å². The van der Waals surface area contributed by atoms with Gasteiger partial charge in [-0.2, -0.15) is 0 Å². The van der Waals surface area contributed by atoms with Crippen molar-refractivity contribution in [2.24, 2.45) is 5.41 Å². The lowest BCUT2D eigenvalue weighted by molar-refractivity contribution is -0.137. The van der Waals surface area contributed by atoms with Gasteiger partial charge in [-0.05, 0) is 50.2 Å². The summed E-state index contributed by atoms with van der Waals surface area (Å²) in [7, 11) is -3.49. The van der Waals surface area contributed by atoms with Gasteiger partial charge in [0.15, 0.2) is 0 Å². The molecule has 2 rings (SSSR count). The van der Waals surface area contributed by atoms with Crippen LogP contribution in [0.25, 0.3) is 0 Å². The second kappa shape index (κ2) is 7.45. The van der Waals surface area contributed by atoms with Gasteiger partial charge in [0.05, 0.1) is 4.90 Å². The molecule has 1 fully saturated rings. The molecule has 1 saturated carbocycles. The van der Waals surface area contributed by atoms with E-state index in [1.54, 1.807) is 24.3 Å². The summed E-state index contributed by atoms with van der Waals surface area (Å²) in [6.45, 7) is 2.27. The van der Waals surface area contributed by atoms with Gasteiger partial charge in [0.2, 0.25) is 10.0 Å². The first-order valence-corrected chi connectivity index (χ1v) is 9.60. The summed E-state index contributed by atoms with van der Waals surface area (Å²) in [4.78, 5) is 11.1. The van der Waals surface area contributed by atoms with Crippen LogP contribution in [0, 0.1) is 12.3 Å². The summed E-state index contributed by atoms with van der Waals surface area (Å²) >= 11 is 0. The van der Waals surface area contributed by atoms with Gasteiger partial charge in [0.1, 0.15) is 0 Å². The molecule has 0 unspecified atom stereocenters. The van der Waals surface area contributed by atoms with Crippen molar-refractivity contribution in [1.29, 1.82) is 0 Å². The zero-order chi connectivity index (χ0) is 16.9. The number of carbonyl (C=O) groups is 1. The first-order chi connectivity index (χ1) is 10.8. The summed E-state index contributed by atoms with van der Waals surface area (Å²) < 4.78 is 27.2. The second-order valence-electron chi connectivity index (χ2n) is 6.56. The molecule has 1 aromatic carbocycles. The van der Waals surface area contributed by atoms with E-state index >= 15 is 0 Å². The highest BCUT2D eigenvalue weighted by molar-refractivity contribution is 7.89. The number of aliphatic carboxylic acids is 1. The Balaban J connectivity index is 1.93. The number of sulfonamides is 1. The summed E-state index contributed by atoms with van der Waals surface area (Å²) in [5.41, 5.74) is 0.997. The molecule has 0 radical (unpaired) electrons. The number of benzene rings is 1. The van der Waals surface area contributed by atoms with E-state index in [2.05, 4.69) is 4.72 Å². The standard InChI is InChI=1S/C17H25NO4S/c1-14-4-6-15(7-5-14)23(21,22)18-13-12-17(9-2-3-10-17)11-8-16(19)20/h4-7,18H,2-3,8-13H2,1H3,(H,19,20). The predicted octanol–water partition coefficient (Wildman–Crippen LogP) is 3.09. The number of aryl methyl sites for hydroxylation is 1. The minimum atomic E-state index is -3.49. The molecule has 0 aliphatic heterocycles. The molecule has 1 aromatic rings. The minimum Gasteiger partial charge on any atom is -0.481 e. The monoisotopic (exact) mass is 339 g/mol. The number of hydrogen-bond acceptors (Lipinski definition) is 3. The smallest absolute Gasteiger partial charge is 0.303 e. The SMILES string of the molecule is Cc1ccc(S(=O)(=O)NCCC2(CCC(=O)O)CCCC2)cc1. The van der Waals surface area contributed by atoms with Gasteiger partial charge in [-0.3, -0.25) is 4.79 Å². The third-order valence-electron chi connectivity index (χ3n) is 4.81. The Labute approximate surface area is 138 Å². The van der Waals surface area contributed by atoms with E-state index in [0.717, 1.165) is 31.2 Å². The molecule has 0 atom stereocenters. The zero-order valence-electron chi connectivity index (χ0n) is 13.5. The predicted molar refractivity (Wildman–Crippen MR) is 88.8 cm³/mol. The van der Waals surface area contributed by atoms with E-state index in [0.29, 0.717) is 19.4 Å². The second-order valence-corrected chi connectivity index (χ2v) is 8.33. The van der Waals surface area contributed by atoms with E-state index in [9.17, 15) is 13.2 Å². The van der Waals surface area contributed by atoms with Crippen LogP contribution in [0.2, 0.25) is 0 Å². The molecule has 0 spiro atoms. The van der Waals surface area contributed by atoms with Gasteiger partial charge in [-0.25, -0.2) is 13.1 Å². The number of hydrogen-bond donors (Lipinski definition) is 2. The van der Waals surface area contributed by atoms with Crippen LogP contribution in [0.3, 0.4) is 0 Å². The van der Waals surface area contributed by atoms with E-state index in [-0.39, 0.29) is 16.7 Å². The van der Waals surface area contributed by atoms with E-state index in [1.807, 2.05) is 6.92 Å². The fourth-order valence-corrected chi connectivity index (χ4v) is 4.41. The van der Waals surface area contributed by atoms with Crippen molar-refractivity contribution in [1.82, 2.24) is 4.72 Å². The maximum absolute atomic E-state index is 12.3. The molecule has 0 heterocycles. The fourth-order valence-electron chi connectivity index (χ4n) is 3.37. The lowest BCUT2D eigenvalue weighted by Crippen LogP contribution is -2.30. The average Bonchev–Trinajstić information content (AvgIpc) is 2.95. The van der Waals surface area contributed by atoms with E-state index in [4.69, 9.17) is 5.11 Å². The molecule has 1 aliphatic rings. The van der Waals surface area contributed by atoms with Crippen molar-refractivity contribution < 1.29 is 18.3 Å². The van der Waals surface area contributed by atoms with Crippen LogP contribution < -0.4 is 4.72 Å². The Bertz CT molecular complexity index is 631. The van der Waals surface area contributed by atoms with Crippen LogP contribution >= 0.6 is 0 Å². The summed E-state index contributed by atoms with van der Waals surface area (Å²) in [6, 6.07) is 6.76. The Morgan fingerprint density at radius 3 is 2.35 bits per heavy atom. The normalized spacial score (nSPS) is 17.3. The van der Waals surface area contributed by atoms with Crippen LogP contribution in [0.15, 0.2) is 29.2 Å². The third kappa shape index (κ3) is 5.04. The largest absolute Gasteiger partial charge is 0.481 e. The van der Waals surface area contributed by atoms with Gasteiger partial charge in [-0.15, -0.1) is 0 Å². The summed E-state index contributed by atoms with van der Waals surface area (Å²) in [5.74, 6) is -0.781. The molecular weight excluding hydrogens is 314 g/mol. The van der Waals surface area contributed by atoms with Crippen molar-refractivity contribution >= 4 is 16.0 Å². The van der Waals surface area contributed by atoms with Gasteiger partial charge >= 0.3 is 5.97 Å². The lowest BCUT2D eigenvalue weighted by Gasteiger charge is -2.28. The van der Waals surface area contributed by atoms with Crippen molar-refractivity contribution in [3.8, 4) is 0 Å². The molecule has 0 saturated heterocycles. The van der Waals surface area contributed by atoms with Crippen molar-refractivity contribution in [2.75, 3.05) is 6.54 Å². The number of rotatable bonds is 8. The minimum absolute atomic E-state index is 0.0197. The van der Waals surface area contributed by atoms with Crippen molar-refractivity contribution in [3.05, 3.63) is 29.8 Å². The Hall–Kier alpha value is -1.40. The molecule has 0 amide bonds. The number of carboxylic acid groups (broad SMARTS) is 1. The van der Waals surface area contributed by atoms with E-state index in [1.165, 1.54) is 0 Å². The highest BCUT2D eigenvalue weighted by Gasteiger charge is 2.34. The van der Waals surface area contributed by atoms with Gasteiger partial charge < -0.3 is 5.11 Å². The molecule has 1 aliphatic carbocycles. The van der Waals surface area contributed by atoms with Gasteiger partial charge in [-0.1, -0.05) is 30.5 Å². The zero-order valence-corrected chi connectivity index (χ0v) is 14.4. The first kappa shape index (κ1) is 17.9. The molecule has 0 aromatic heterocycles. The molecule has 2 N–H and O–H groups in total. The van der Waals surface area contributed by atoms with Crippen molar-refractivity contribution in [2.45, 2.75) is 56.8 Å². The quantitative estimate of drug-likeness (QED) is 0.762. The average molecular weight is 339 g/mol. The van der Waals surface area contributed by atoms with E-state index < -0.39 is 16.0 Å². The molecule has 128 valence electrons. The molecule has 23 heavy (non-hydrogen) atoms. The first-order valence-electron chi connectivity index (χ1n) is 8.11. The van der Waals surface area contributed by atoms with Gasteiger partial charge in [0, 0.05) is 13.0 Å². The topological polar surface area (TPSA) is 83.5 Å². The molecule has 0 bridgehead atoms.